The molecule has 0 bridgehead atoms. The first kappa shape index (κ1) is 24.5. The Morgan fingerprint density at radius 3 is 2.68 bits per heavy atom. The number of nitrogen functional groups attached to an aromatic ring is 1. The molecule has 1 saturated heterocycles. The van der Waals surface area contributed by atoms with Crippen molar-refractivity contribution in [3.63, 3.8) is 0 Å². The SMILES string of the molecule is CC(C)Cc1cc(-c2cnc(N)nc2)ncc1-c1noc(-c2cnn(CC(=O)NC3CCOCC3)c2)n1. The zero-order chi connectivity index (χ0) is 25.8. The lowest BCUT2D eigenvalue weighted by Crippen LogP contribution is -2.40. The number of nitrogens with zero attached hydrogens (tertiary/aromatic N) is 7. The standard InChI is InChI=1S/C25H29N9O3/c1-15(2)7-16-8-21(17-9-28-25(26)29-10-17)27-12-20(16)23-32-24(37-33-23)18-11-30-34(13-18)14-22(35)31-19-3-5-36-6-4-19/h8-13,15,19H,3-7,14H2,1-2H3,(H,31,35)(H2,26,28,29). The van der Waals surface area contributed by atoms with Crippen LogP contribution in [0, 0.1) is 5.92 Å². The summed E-state index contributed by atoms with van der Waals surface area (Å²) in [6.45, 7) is 5.73. The number of nitrogens with two attached hydrogens (primary N) is 1. The number of nitrogens with one attached hydrogen (secondary N) is 1. The van der Waals surface area contributed by atoms with Crippen LogP contribution in [0.15, 0.2) is 41.6 Å². The van der Waals surface area contributed by atoms with Gasteiger partial charge in [0.2, 0.25) is 17.7 Å². The minimum atomic E-state index is -0.0937. The van der Waals surface area contributed by atoms with Crippen LogP contribution in [-0.2, 0) is 22.5 Å². The third-order valence-corrected chi connectivity index (χ3v) is 6.02. The van der Waals surface area contributed by atoms with E-state index < -0.39 is 0 Å². The molecule has 12 heteroatoms. The Kier molecular flexibility index (Phi) is 7.17. The van der Waals surface area contributed by atoms with E-state index in [0.29, 0.717) is 36.4 Å². The lowest BCUT2D eigenvalue weighted by Gasteiger charge is -2.23. The molecule has 4 aromatic heterocycles. The molecule has 4 aromatic rings. The van der Waals surface area contributed by atoms with E-state index in [2.05, 4.69) is 49.4 Å². The number of hydrogen-bond donors (Lipinski definition) is 2. The Labute approximate surface area is 213 Å². The van der Waals surface area contributed by atoms with Crippen LogP contribution in [0.25, 0.3) is 34.1 Å². The molecule has 1 aliphatic rings. The second-order valence-corrected chi connectivity index (χ2v) is 9.46. The quantitative estimate of drug-likeness (QED) is 0.366. The van der Waals surface area contributed by atoms with Crippen LogP contribution in [0.1, 0.15) is 32.3 Å². The highest BCUT2D eigenvalue weighted by Gasteiger charge is 2.19. The van der Waals surface area contributed by atoms with Crippen LogP contribution in [0.3, 0.4) is 0 Å². The maximum atomic E-state index is 12.4. The highest BCUT2D eigenvalue weighted by molar-refractivity contribution is 5.76. The number of aromatic nitrogens is 7. The number of hydrogen-bond acceptors (Lipinski definition) is 10. The van der Waals surface area contributed by atoms with Gasteiger partial charge in [-0.25, -0.2) is 9.97 Å². The summed E-state index contributed by atoms with van der Waals surface area (Å²) in [4.78, 5) is 29.7. The van der Waals surface area contributed by atoms with E-state index in [0.717, 1.165) is 41.6 Å². The number of rotatable bonds is 8. The summed E-state index contributed by atoms with van der Waals surface area (Å²) in [6, 6.07) is 2.14. The Morgan fingerprint density at radius 1 is 1.14 bits per heavy atom. The summed E-state index contributed by atoms with van der Waals surface area (Å²) in [5.74, 6) is 1.27. The van der Waals surface area contributed by atoms with Crippen molar-refractivity contribution in [2.75, 3.05) is 18.9 Å². The Hall–Kier alpha value is -4.19. The minimum absolute atomic E-state index is 0.0937. The van der Waals surface area contributed by atoms with E-state index in [1.807, 2.05) is 6.07 Å². The molecule has 0 saturated carbocycles. The maximum absolute atomic E-state index is 12.4. The second-order valence-electron chi connectivity index (χ2n) is 9.46. The van der Waals surface area contributed by atoms with Gasteiger partial charge in [-0.15, -0.1) is 0 Å². The number of carbonyl (C=O) groups excluding carboxylic acids is 1. The van der Waals surface area contributed by atoms with Crippen molar-refractivity contribution < 1.29 is 14.1 Å². The van der Waals surface area contributed by atoms with Crippen molar-refractivity contribution in [1.29, 1.82) is 0 Å². The molecule has 3 N–H and O–H groups in total. The molecule has 192 valence electrons. The van der Waals surface area contributed by atoms with Gasteiger partial charge in [0.15, 0.2) is 0 Å². The fourth-order valence-electron chi connectivity index (χ4n) is 4.21. The summed E-state index contributed by atoms with van der Waals surface area (Å²) in [7, 11) is 0. The lowest BCUT2D eigenvalue weighted by molar-refractivity contribution is -0.123. The van der Waals surface area contributed by atoms with Crippen molar-refractivity contribution in [2.24, 2.45) is 5.92 Å². The van der Waals surface area contributed by atoms with E-state index in [1.165, 1.54) is 0 Å². The van der Waals surface area contributed by atoms with Crippen molar-refractivity contribution in [3.8, 4) is 34.1 Å². The molecule has 0 aliphatic carbocycles. The molecule has 0 unspecified atom stereocenters. The molecule has 0 spiro atoms. The largest absolute Gasteiger partial charge is 0.381 e. The highest BCUT2D eigenvalue weighted by Crippen LogP contribution is 2.29. The van der Waals surface area contributed by atoms with E-state index >= 15 is 0 Å². The van der Waals surface area contributed by atoms with Crippen LogP contribution in [0.4, 0.5) is 5.95 Å². The minimum Gasteiger partial charge on any atom is -0.381 e. The number of anilines is 1. The molecule has 5 rings (SSSR count). The van der Waals surface area contributed by atoms with E-state index in [1.54, 1.807) is 35.7 Å². The van der Waals surface area contributed by atoms with Gasteiger partial charge in [-0.1, -0.05) is 19.0 Å². The van der Waals surface area contributed by atoms with E-state index in [-0.39, 0.29) is 24.4 Å². The Bertz CT molecular complexity index is 1360. The molecule has 0 radical (unpaired) electrons. The third-order valence-electron chi connectivity index (χ3n) is 6.02. The summed E-state index contributed by atoms with van der Waals surface area (Å²) in [5, 5.41) is 11.5. The fraction of sp³-hybridized carbons (Fsp3) is 0.400. The van der Waals surface area contributed by atoms with E-state index in [4.69, 9.17) is 15.0 Å². The van der Waals surface area contributed by atoms with Crippen LogP contribution in [-0.4, -0.2) is 60.0 Å². The second kappa shape index (κ2) is 10.8. The van der Waals surface area contributed by atoms with Crippen molar-refractivity contribution in [1.82, 2.24) is 40.2 Å². The zero-order valence-electron chi connectivity index (χ0n) is 20.8. The molecule has 5 heterocycles. The van der Waals surface area contributed by atoms with Gasteiger partial charge in [-0.05, 0) is 36.8 Å². The van der Waals surface area contributed by atoms with Gasteiger partial charge in [0.1, 0.15) is 6.54 Å². The Balaban J connectivity index is 1.33. The number of amides is 1. The monoisotopic (exact) mass is 503 g/mol. The molecular formula is C25H29N9O3. The predicted molar refractivity (Wildman–Crippen MR) is 135 cm³/mol. The molecular weight excluding hydrogens is 474 g/mol. The highest BCUT2D eigenvalue weighted by atomic mass is 16.5. The average molecular weight is 504 g/mol. The van der Waals surface area contributed by atoms with Crippen molar-refractivity contribution in [2.45, 2.75) is 45.7 Å². The first-order valence-electron chi connectivity index (χ1n) is 12.3. The van der Waals surface area contributed by atoms with E-state index in [9.17, 15) is 4.79 Å². The first-order valence-corrected chi connectivity index (χ1v) is 12.3. The van der Waals surface area contributed by atoms with Gasteiger partial charge in [0.25, 0.3) is 5.89 Å². The van der Waals surface area contributed by atoms with Crippen molar-refractivity contribution >= 4 is 11.9 Å². The summed E-state index contributed by atoms with van der Waals surface area (Å²) in [5.41, 5.74) is 9.57. The molecule has 12 nitrogen and oxygen atoms in total. The molecule has 0 aromatic carbocycles. The summed E-state index contributed by atoms with van der Waals surface area (Å²) in [6.07, 6.45) is 10.8. The van der Waals surface area contributed by atoms with Gasteiger partial charge in [0.05, 0.1) is 17.5 Å². The summed E-state index contributed by atoms with van der Waals surface area (Å²) >= 11 is 0. The number of pyridine rings is 1. The molecule has 1 fully saturated rings. The first-order chi connectivity index (χ1) is 17.9. The van der Waals surface area contributed by atoms with Crippen LogP contribution in [0.5, 0.6) is 0 Å². The summed E-state index contributed by atoms with van der Waals surface area (Å²) < 4.78 is 12.4. The molecule has 1 amide bonds. The predicted octanol–water partition coefficient (Wildman–Crippen LogP) is 2.53. The van der Waals surface area contributed by atoms with Gasteiger partial charge in [0, 0.05) is 55.2 Å². The van der Waals surface area contributed by atoms with Crippen LogP contribution < -0.4 is 11.1 Å². The van der Waals surface area contributed by atoms with Crippen LogP contribution >= 0.6 is 0 Å². The maximum Gasteiger partial charge on any atom is 0.261 e. The van der Waals surface area contributed by atoms with Crippen molar-refractivity contribution in [3.05, 3.63) is 42.6 Å². The Morgan fingerprint density at radius 2 is 1.92 bits per heavy atom. The lowest BCUT2D eigenvalue weighted by atomic mass is 9.97. The van der Waals surface area contributed by atoms with Gasteiger partial charge in [-0.3, -0.25) is 14.5 Å². The number of carbonyl (C=O) groups is 1. The molecule has 1 aliphatic heterocycles. The zero-order valence-corrected chi connectivity index (χ0v) is 20.8. The van der Waals surface area contributed by atoms with Gasteiger partial charge in [-0.2, -0.15) is 10.1 Å². The topological polar surface area (TPSA) is 160 Å². The van der Waals surface area contributed by atoms with Gasteiger partial charge >= 0.3 is 0 Å². The van der Waals surface area contributed by atoms with Gasteiger partial charge < -0.3 is 20.3 Å². The molecule has 0 atom stereocenters. The third kappa shape index (κ3) is 5.97. The normalized spacial score (nSPS) is 14.2. The number of ether oxygens (including phenoxy) is 1. The fourth-order valence-corrected chi connectivity index (χ4v) is 4.21. The average Bonchev–Trinajstić information content (AvgIpc) is 3.55. The molecule has 37 heavy (non-hydrogen) atoms. The smallest absolute Gasteiger partial charge is 0.261 e. The van der Waals surface area contributed by atoms with Crippen LogP contribution in [0.2, 0.25) is 0 Å².